The molecule has 1 aromatic rings. The maximum Gasteiger partial charge on any atom is 0.338 e. The second-order valence-corrected chi connectivity index (χ2v) is 6.65. The van der Waals surface area contributed by atoms with Gasteiger partial charge < -0.3 is 10.5 Å². The fourth-order valence-corrected chi connectivity index (χ4v) is 2.81. The molecule has 0 aliphatic heterocycles. The van der Waals surface area contributed by atoms with Crippen molar-refractivity contribution >= 4 is 11.7 Å². The Balaban J connectivity index is 1.87. The van der Waals surface area contributed by atoms with Gasteiger partial charge in [-0.25, -0.2) is 4.79 Å². The lowest BCUT2D eigenvalue weighted by Gasteiger charge is -2.05. The number of hydrogen-bond donors (Lipinski definition) is 1. The molecule has 0 bridgehead atoms. The SMILES string of the molecule is CCCCCCCCCCCCCCOC(=O)c1ccc(N)cc1. The summed E-state index contributed by atoms with van der Waals surface area (Å²) in [7, 11) is 0. The van der Waals surface area contributed by atoms with Gasteiger partial charge in [-0.1, -0.05) is 77.6 Å². The summed E-state index contributed by atoms with van der Waals surface area (Å²) in [4.78, 5) is 11.8. The third kappa shape index (κ3) is 10.3. The quantitative estimate of drug-likeness (QED) is 0.253. The third-order valence-corrected chi connectivity index (χ3v) is 4.38. The largest absolute Gasteiger partial charge is 0.462 e. The van der Waals surface area contributed by atoms with Gasteiger partial charge in [0.1, 0.15) is 0 Å². The molecular formula is C21H35NO2. The van der Waals surface area contributed by atoms with Crippen molar-refractivity contribution in [3.8, 4) is 0 Å². The molecule has 0 heterocycles. The average Bonchev–Trinajstić information content (AvgIpc) is 2.59. The predicted octanol–water partition coefficient (Wildman–Crippen LogP) is 6.13. The highest BCUT2D eigenvalue weighted by atomic mass is 16.5. The van der Waals surface area contributed by atoms with Gasteiger partial charge in [-0.3, -0.25) is 0 Å². The zero-order valence-electron chi connectivity index (χ0n) is 15.4. The lowest BCUT2D eigenvalue weighted by Crippen LogP contribution is -2.06. The number of carbonyl (C=O) groups is 1. The molecule has 0 aromatic heterocycles. The van der Waals surface area contributed by atoms with Crippen molar-refractivity contribution in [3.05, 3.63) is 29.8 Å². The summed E-state index contributed by atoms with van der Waals surface area (Å²) in [5, 5.41) is 0. The van der Waals surface area contributed by atoms with Gasteiger partial charge in [-0.2, -0.15) is 0 Å². The molecule has 0 unspecified atom stereocenters. The first-order valence-electron chi connectivity index (χ1n) is 9.76. The summed E-state index contributed by atoms with van der Waals surface area (Å²) in [6.07, 6.45) is 15.7. The fourth-order valence-electron chi connectivity index (χ4n) is 2.81. The van der Waals surface area contributed by atoms with Gasteiger partial charge in [0.05, 0.1) is 12.2 Å². The third-order valence-electron chi connectivity index (χ3n) is 4.38. The number of anilines is 1. The lowest BCUT2D eigenvalue weighted by molar-refractivity contribution is 0.0497. The van der Waals surface area contributed by atoms with E-state index in [0.29, 0.717) is 17.9 Å². The Morgan fingerprint density at radius 1 is 0.792 bits per heavy atom. The molecule has 0 aliphatic carbocycles. The molecule has 0 fully saturated rings. The Kier molecular flexibility index (Phi) is 11.9. The fraction of sp³-hybridized carbons (Fsp3) is 0.667. The van der Waals surface area contributed by atoms with Crippen molar-refractivity contribution in [2.24, 2.45) is 0 Å². The normalized spacial score (nSPS) is 10.7. The van der Waals surface area contributed by atoms with Gasteiger partial charge in [0, 0.05) is 5.69 Å². The van der Waals surface area contributed by atoms with E-state index in [0.717, 1.165) is 12.8 Å². The Morgan fingerprint density at radius 2 is 1.25 bits per heavy atom. The standard InChI is InChI=1S/C21H35NO2/c1-2-3-4-5-6-7-8-9-10-11-12-13-18-24-21(23)19-14-16-20(22)17-15-19/h14-17H,2-13,18,22H2,1H3. The minimum Gasteiger partial charge on any atom is -0.462 e. The highest BCUT2D eigenvalue weighted by Gasteiger charge is 2.05. The Labute approximate surface area is 148 Å². The number of rotatable bonds is 14. The molecule has 24 heavy (non-hydrogen) atoms. The minimum atomic E-state index is -0.252. The minimum absolute atomic E-state index is 0.252. The van der Waals surface area contributed by atoms with Crippen LogP contribution in [0.2, 0.25) is 0 Å². The highest BCUT2D eigenvalue weighted by molar-refractivity contribution is 5.89. The second-order valence-electron chi connectivity index (χ2n) is 6.65. The Bertz CT molecular complexity index is 428. The molecule has 0 radical (unpaired) electrons. The van der Waals surface area contributed by atoms with E-state index in [1.54, 1.807) is 24.3 Å². The van der Waals surface area contributed by atoms with Crippen molar-refractivity contribution in [3.63, 3.8) is 0 Å². The molecule has 1 aromatic carbocycles. The molecule has 0 saturated carbocycles. The van der Waals surface area contributed by atoms with Gasteiger partial charge in [0.15, 0.2) is 0 Å². The van der Waals surface area contributed by atoms with Gasteiger partial charge in [0.25, 0.3) is 0 Å². The van der Waals surface area contributed by atoms with E-state index in [-0.39, 0.29) is 5.97 Å². The van der Waals surface area contributed by atoms with Crippen LogP contribution in [0.1, 0.15) is 94.3 Å². The van der Waals surface area contributed by atoms with Gasteiger partial charge in [-0.05, 0) is 30.7 Å². The Morgan fingerprint density at radius 3 is 1.75 bits per heavy atom. The van der Waals surface area contributed by atoms with Gasteiger partial charge >= 0.3 is 5.97 Å². The van der Waals surface area contributed by atoms with E-state index >= 15 is 0 Å². The predicted molar refractivity (Wildman–Crippen MR) is 102 cm³/mol. The lowest BCUT2D eigenvalue weighted by atomic mass is 10.1. The molecule has 136 valence electrons. The molecule has 3 nitrogen and oxygen atoms in total. The molecule has 3 heteroatoms. The monoisotopic (exact) mass is 333 g/mol. The van der Waals surface area contributed by atoms with E-state index in [1.807, 2.05) is 0 Å². The second kappa shape index (κ2) is 13.9. The number of hydrogen-bond acceptors (Lipinski definition) is 3. The maximum atomic E-state index is 11.8. The summed E-state index contributed by atoms with van der Waals surface area (Å²) in [5.41, 5.74) is 6.83. The van der Waals surface area contributed by atoms with Gasteiger partial charge in [-0.15, -0.1) is 0 Å². The Hall–Kier alpha value is -1.51. The molecule has 0 aliphatic rings. The van der Waals surface area contributed by atoms with E-state index in [1.165, 1.54) is 64.2 Å². The van der Waals surface area contributed by atoms with Crippen LogP contribution in [-0.4, -0.2) is 12.6 Å². The van der Waals surface area contributed by atoms with Crippen molar-refractivity contribution in [1.29, 1.82) is 0 Å². The number of nitrogen functional groups attached to an aromatic ring is 1. The average molecular weight is 334 g/mol. The van der Waals surface area contributed by atoms with Crippen LogP contribution >= 0.6 is 0 Å². The molecule has 0 atom stereocenters. The van der Waals surface area contributed by atoms with Crippen LogP contribution in [-0.2, 0) is 4.74 Å². The summed E-state index contributed by atoms with van der Waals surface area (Å²) >= 11 is 0. The number of nitrogens with two attached hydrogens (primary N) is 1. The zero-order valence-corrected chi connectivity index (χ0v) is 15.4. The molecule has 2 N–H and O–H groups in total. The molecule has 0 spiro atoms. The number of carbonyl (C=O) groups excluding carboxylic acids is 1. The first kappa shape index (κ1) is 20.5. The zero-order chi connectivity index (χ0) is 17.5. The van der Waals surface area contributed by atoms with Crippen LogP contribution < -0.4 is 5.73 Å². The summed E-state index contributed by atoms with van der Waals surface area (Å²) in [6, 6.07) is 6.86. The van der Waals surface area contributed by atoms with Crippen LogP contribution in [0.15, 0.2) is 24.3 Å². The summed E-state index contributed by atoms with van der Waals surface area (Å²) in [5.74, 6) is -0.252. The first-order chi connectivity index (χ1) is 11.7. The van der Waals surface area contributed by atoms with Crippen LogP contribution in [0.3, 0.4) is 0 Å². The van der Waals surface area contributed by atoms with Crippen LogP contribution in [0.4, 0.5) is 5.69 Å². The number of ether oxygens (including phenoxy) is 1. The molecule has 1 rings (SSSR count). The van der Waals surface area contributed by atoms with E-state index < -0.39 is 0 Å². The molecule has 0 saturated heterocycles. The number of esters is 1. The smallest absolute Gasteiger partial charge is 0.338 e. The van der Waals surface area contributed by atoms with E-state index in [9.17, 15) is 4.79 Å². The number of unbranched alkanes of at least 4 members (excludes halogenated alkanes) is 11. The number of benzene rings is 1. The first-order valence-corrected chi connectivity index (χ1v) is 9.76. The van der Waals surface area contributed by atoms with Crippen molar-refractivity contribution < 1.29 is 9.53 Å². The van der Waals surface area contributed by atoms with Crippen molar-refractivity contribution in [2.45, 2.75) is 84.0 Å². The topological polar surface area (TPSA) is 52.3 Å². The van der Waals surface area contributed by atoms with Crippen LogP contribution in [0.5, 0.6) is 0 Å². The summed E-state index contributed by atoms with van der Waals surface area (Å²) in [6.45, 7) is 2.78. The van der Waals surface area contributed by atoms with Crippen molar-refractivity contribution in [2.75, 3.05) is 12.3 Å². The maximum absolute atomic E-state index is 11.8. The highest BCUT2D eigenvalue weighted by Crippen LogP contribution is 2.12. The van der Waals surface area contributed by atoms with Crippen molar-refractivity contribution in [1.82, 2.24) is 0 Å². The van der Waals surface area contributed by atoms with Crippen LogP contribution in [0, 0.1) is 0 Å². The van der Waals surface area contributed by atoms with E-state index in [4.69, 9.17) is 10.5 Å². The molecular weight excluding hydrogens is 298 g/mol. The van der Waals surface area contributed by atoms with Gasteiger partial charge in [0.2, 0.25) is 0 Å². The van der Waals surface area contributed by atoms with E-state index in [2.05, 4.69) is 6.92 Å². The molecule has 0 amide bonds. The summed E-state index contributed by atoms with van der Waals surface area (Å²) < 4.78 is 5.28. The van der Waals surface area contributed by atoms with Crippen LogP contribution in [0.25, 0.3) is 0 Å².